The number of nitrogens with zero attached hydrogens (tertiary/aromatic N) is 3. The third-order valence-corrected chi connectivity index (χ3v) is 5.86. The molecule has 1 N–H and O–H groups in total. The van der Waals surface area contributed by atoms with Gasteiger partial charge in [-0.3, -0.25) is 4.79 Å². The van der Waals surface area contributed by atoms with E-state index in [0.29, 0.717) is 5.82 Å². The van der Waals surface area contributed by atoms with E-state index in [1.807, 2.05) is 19.9 Å². The van der Waals surface area contributed by atoms with Crippen molar-refractivity contribution < 1.29 is 13.2 Å². The van der Waals surface area contributed by atoms with E-state index in [0.717, 1.165) is 23.2 Å². The Hall–Kier alpha value is -2.71. The van der Waals surface area contributed by atoms with Crippen molar-refractivity contribution in [2.45, 2.75) is 31.7 Å². The number of aryl methyl sites for hydroxylation is 2. The first-order valence-electron chi connectivity index (χ1n) is 8.87. The maximum Gasteiger partial charge on any atom is 0.271 e. The largest absolute Gasteiger partial charge is 0.344 e. The van der Waals surface area contributed by atoms with Crippen molar-refractivity contribution in [3.05, 3.63) is 70.1 Å². The number of amides is 1. The number of sulfone groups is 1. The van der Waals surface area contributed by atoms with Crippen molar-refractivity contribution in [3.63, 3.8) is 0 Å². The third kappa shape index (κ3) is 4.65. The molecule has 2 heterocycles. The monoisotopic (exact) mass is 432 g/mol. The quantitative estimate of drug-likeness (QED) is 0.666. The molecule has 0 radical (unpaired) electrons. The van der Waals surface area contributed by atoms with Gasteiger partial charge in [0.1, 0.15) is 5.69 Å². The molecule has 1 aromatic carbocycles. The molecule has 152 valence electrons. The maximum absolute atomic E-state index is 12.8. The predicted molar refractivity (Wildman–Crippen MR) is 111 cm³/mol. The van der Waals surface area contributed by atoms with Crippen LogP contribution in [0.25, 0.3) is 5.82 Å². The molecule has 7 nitrogen and oxygen atoms in total. The summed E-state index contributed by atoms with van der Waals surface area (Å²) < 4.78 is 24.8. The fraction of sp³-hybridized carbons (Fsp3) is 0.250. The number of hydrogen-bond acceptors (Lipinski definition) is 5. The number of carbonyl (C=O) groups is 1. The number of carbonyl (C=O) groups excluding carboxylic acids is 1. The van der Waals surface area contributed by atoms with Crippen LogP contribution in [-0.4, -0.2) is 35.3 Å². The summed E-state index contributed by atoms with van der Waals surface area (Å²) in [6.45, 7) is 5.58. The van der Waals surface area contributed by atoms with E-state index < -0.39 is 15.7 Å². The summed E-state index contributed by atoms with van der Waals surface area (Å²) in [5.41, 5.74) is 2.59. The van der Waals surface area contributed by atoms with Crippen LogP contribution >= 0.6 is 11.6 Å². The summed E-state index contributed by atoms with van der Waals surface area (Å²) in [4.78, 5) is 17.4. The Bertz CT molecular complexity index is 1170. The molecule has 0 saturated heterocycles. The highest BCUT2D eigenvalue weighted by molar-refractivity contribution is 7.90. The highest BCUT2D eigenvalue weighted by Gasteiger charge is 2.18. The van der Waals surface area contributed by atoms with Crippen LogP contribution in [0, 0.1) is 13.8 Å². The molecule has 0 bridgehead atoms. The van der Waals surface area contributed by atoms with Gasteiger partial charge in [-0.15, -0.1) is 0 Å². The van der Waals surface area contributed by atoms with E-state index in [-0.39, 0.29) is 21.7 Å². The Morgan fingerprint density at radius 2 is 1.79 bits per heavy atom. The normalized spacial score (nSPS) is 12.6. The molecule has 0 saturated carbocycles. The molecule has 0 aliphatic rings. The molecule has 1 unspecified atom stereocenters. The van der Waals surface area contributed by atoms with E-state index in [2.05, 4.69) is 15.4 Å². The van der Waals surface area contributed by atoms with Gasteiger partial charge < -0.3 is 5.32 Å². The lowest BCUT2D eigenvalue weighted by molar-refractivity contribution is 0.0935. The average Bonchev–Trinajstić information content (AvgIpc) is 2.99. The van der Waals surface area contributed by atoms with Crippen LogP contribution in [0.2, 0.25) is 5.02 Å². The van der Waals surface area contributed by atoms with Crippen LogP contribution in [0.3, 0.4) is 0 Å². The Labute approximate surface area is 174 Å². The fourth-order valence-corrected chi connectivity index (χ4v) is 3.74. The van der Waals surface area contributed by atoms with Crippen molar-refractivity contribution in [1.29, 1.82) is 0 Å². The Morgan fingerprint density at radius 1 is 1.14 bits per heavy atom. The van der Waals surface area contributed by atoms with Gasteiger partial charge in [-0.1, -0.05) is 23.7 Å². The SMILES string of the molecule is Cc1cc(C)n(-c2ccc(Cl)c(C(=O)NC(C)c3ccc(S(C)(=O)=O)cc3)n2)n1. The van der Waals surface area contributed by atoms with Gasteiger partial charge in [0, 0.05) is 11.9 Å². The zero-order valence-electron chi connectivity index (χ0n) is 16.5. The van der Waals surface area contributed by atoms with E-state index in [4.69, 9.17) is 11.6 Å². The van der Waals surface area contributed by atoms with Crippen molar-refractivity contribution in [2.24, 2.45) is 0 Å². The van der Waals surface area contributed by atoms with Gasteiger partial charge in [0.05, 0.1) is 21.7 Å². The van der Waals surface area contributed by atoms with E-state index >= 15 is 0 Å². The van der Waals surface area contributed by atoms with Crippen LogP contribution in [0.4, 0.5) is 0 Å². The minimum Gasteiger partial charge on any atom is -0.344 e. The first-order chi connectivity index (χ1) is 13.6. The predicted octanol–water partition coefficient (Wildman–Crippen LogP) is 3.43. The number of pyridine rings is 1. The molecule has 0 spiro atoms. The Kier molecular flexibility index (Phi) is 5.77. The summed E-state index contributed by atoms with van der Waals surface area (Å²) in [5, 5.41) is 7.45. The van der Waals surface area contributed by atoms with E-state index in [1.54, 1.807) is 35.9 Å². The van der Waals surface area contributed by atoms with Gasteiger partial charge in [0.25, 0.3) is 5.91 Å². The number of halogens is 1. The molecule has 3 aromatic rings. The first kappa shape index (κ1) is 21.0. The molecule has 0 fully saturated rings. The summed E-state index contributed by atoms with van der Waals surface area (Å²) in [5.74, 6) is 0.0633. The summed E-state index contributed by atoms with van der Waals surface area (Å²) in [7, 11) is -3.27. The molecule has 2 aromatic heterocycles. The second-order valence-electron chi connectivity index (χ2n) is 6.88. The van der Waals surface area contributed by atoms with Crippen molar-refractivity contribution in [1.82, 2.24) is 20.1 Å². The highest BCUT2D eigenvalue weighted by atomic mass is 35.5. The Morgan fingerprint density at radius 3 is 2.34 bits per heavy atom. The lowest BCUT2D eigenvalue weighted by Crippen LogP contribution is -2.28. The van der Waals surface area contributed by atoms with Crippen LogP contribution in [0.1, 0.15) is 40.4 Å². The van der Waals surface area contributed by atoms with Crippen LogP contribution in [0.15, 0.2) is 47.4 Å². The van der Waals surface area contributed by atoms with Crippen molar-refractivity contribution >= 4 is 27.3 Å². The summed E-state index contributed by atoms with van der Waals surface area (Å²) >= 11 is 6.20. The molecule has 0 aliphatic heterocycles. The third-order valence-electron chi connectivity index (χ3n) is 4.43. The van der Waals surface area contributed by atoms with Gasteiger partial charge >= 0.3 is 0 Å². The number of benzene rings is 1. The number of nitrogens with one attached hydrogen (secondary N) is 1. The molecule has 0 aliphatic carbocycles. The second-order valence-corrected chi connectivity index (χ2v) is 9.30. The standard InChI is InChI=1S/C20H21ClN4O3S/c1-12-11-13(2)25(24-12)18-10-9-17(21)19(23-18)20(26)22-14(3)15-5-7-16(8-6-15)29(4,27)28/h5-11,14H,1-4H3,(H,22,26). The molecule has 1 atom stereocenters. The summed E-state index contributed by atoms with van der Waals surface area (Å²) in [6, 6.07) is 11.2. The lowest BCUT2D eigenvalue weighted by Gasteiger charge is -2.15. The second kappa shape index (κ2) is 7.96. The molecule has 3 rings (SSSR count). The fourth-order valence-electron chi connectivity index (χ4n) is 2.92. The molecule has 1 amide bonds. The Balaban J connectivity index is 1.83. The zero-order valence-corrected chi connectivity index (χ0v) is 18.0. The first-order valence-corrected chi connectivity index (χ1v) is 11.1. The topological polar surface area (TPSA) is 94.0 Å². The van der Waals surface area contributed by atoms with Crippen molar-refractivity contribution in [2.75, 3.05) is 6.26 Å². The minimum absolute atomic E-state index is 0.0938. The average molecular weight is 433 g/mol. The smallest absolute Gasteiger partial charge is 0.271 e. The van der Waals surface area contributed by atoms with Gasteiger partial charge in [-0.25, -0.2) is 18.1 Å². The molecular weight excluding hydrogens is 412 g/mol. The van der Waals surface area contributed by atoms with E-state index in [1.165, 1.54) is 12.1 Å². The van der Waals surface area contributed by atoms with Crippen LogP contribution in [0.5, 0.6) is 0 Å². The van der Waals surface area contributed by atoms with Gasteiger partial charge in [0.2, 0.25) is 0 Å². The van der Waals surface area contributed by atoms with Gasteiger partial charge in [-0.2, -0.15) is 5.10 Å². The van der Waals surface area contributed by atoms with Crippen LogP contribution in [-0.2, 0) is 9.84 Å². The highest BCUT2D eigenvalue weighted by Crippen LogP contribution is 2.20. The number of hydrogen-bond donors (Lipinski definition) is 1. The lowest BCUT2D eigenvalue weighted by atomic mass is 10.1. The zero-order chi connectivity index (χ0) is 21.3. The van der Waals surface area contributed by atoms with Crippen molar-refractivity contribution in [3.8, 4) is 5.82 Å². The maximum atomic E-state index is 12.8. The number of aromatic nitrogens is 3. The molecule has 29 heavy (non-hydrogen) atoms. The van der Waals surface area contributed by atoms with Crippen LogP contribution < -0.4 is 5.32 Å². The molecule has 9 heteroatoms. The summed E-state index contributed by atoms with van der Waals surface area (Å²) in [6.07, 6.45) is 1.15. The minimum atomic E-state index is -3.27. The van der Waals surface area contributed by atoms with Gasteiger partial charge in [-0.05, 0) is 56.7 Å². The van der Waals surface area contributed by atoms with E-state index in [9.17, 15) is 13.2 Å². The van der Waals surface area contributed by atoms with Gasteiger partial charge in [0.15, 0.2) is 15.7 Å². The molecular formula is C20H21ClN4O3S. The number of rotatable bonds is 5.